The van der Waals surface area contributed by atoms with E-state index < -0.39 is 0 Å². The molecule has 3 aromatic carbocycles. The van der Waals surface area contributed by atoms with E-state index in [2.05, 4.69) is 16.6 Å². The van der Waals surface area contributed by atoms with Crippen molar-refractivity contribution >= 4 is 22.9 Å². The first-order valence-electron chi connectivity index (χ1n) is 9.12. The highest BCUT2D eigenvalue weighted by molar-refractivity contribution is 5.90. The zero-order chi connectivity index (χ0) is 20.1. The van der Waals surface area contributed by atoms with Crippen LogP contribution in [0.4, 0.5) is 0 Å². The van der Waals surface area contributed by atoms with Crippen molar-refractivity contribution < 1.29 is 9.21 Å². The lowest BCUT2D eigenvalue weighted by Crippen LogP contribution is -2.19. The van der Waals surface area contributed by atoms with Crippen LogP contribution < -0.4 is 5.43 Å². The van der Waals surface area contributed by atoms with Gasteiger partial charge in [-0.15, -0.1) is 0 Å². The van der Waals surface area contributed by atoms with Crippen LogP contribution in [0.5, 0.6) is 0 Å². The van der Waals surface area contributed by atoms with Crippen molar-refractivity contribution in [3.05, 3.63) is 95.7 Å². The van der Waals surface area contributed by atoms with Crippen molar-refractivity contribution in [3.63, 3.8) is 0 Å². The van der Waals surface area contributed by atoms with E-state index in [1.165, 1.54) is 6.21 Å². The van der Waals surface area contributed by atoms with Crippen molar-refractivity contribution in [1.29, 1.82) is 5.26 Å². The summed E-state index contributed by atoms with van der Waals surface area (Å²) in [5.41, 5.74) is 4.74. The molecule has 0 atom stereocenters. The number of fused-ring (bicyclic) bond motifs is 1. The lowest BCUT2D eigenvalue weighted by atomic mass is 10.0. The minimum absolute atomic E-state index is 0.209. The smallest absolute Gasteiger partial charge is 0.244 e. The van der Waals surface area contributed by atoms with Crippen molar-refractivity contribution in [2.75, 3.05) is 0 Å². The van der Waals surface area contributed by atoms with Crippen molar-refractivity contribution in [1.82, 2.24) is 5.43 Å². The summed E-state index contributed by atoms with van der Waals surface area (Å²) in [4.78, 5) is 12.3. The summed E-state index contributed by atoms with van der Waals surface area (Å²) in [6.07, 6.45) is 1.68. The lowest BCUT2D eigenvalue weighted by Gasteiger charge is -2.05. The predicted molar refractivity (Wildman–Crippen MR) is 112 cm³/mol. The molecule has 0 aliphatic carbocycles. The summed E-state index contributed by atoms with van der Waals surface area (Å²) in [5.74, 6) is 0.850. The van der Waals surface area contributed by atoms with Crippen molar-refractivity contribution in [3.8, 4) is 17.4 Å². The normalized spacial score (nSPS) is 10.9. The number of nitriles is 1. The Labute approximate surface area is 167 Å². The largest absolute Gasteiger partial charge is 0.455 e. The summed E-state index contributed by atoms with van der Waals surface area (Å²) in [6, 6.07) is 26.7. The Morgan fingerprint density at radius 3 is 2.69 bits per heavy atom. The maximum Gasteiger partial charge on any atom is 0.244 e. The van der Waals surface area contributed by atoms with Gasteiger partial charge >= 0.3 is 0 Å². The number of carbonyl (C=O) groups is 1. The van der Waals surface area contributed by atoms with Crippen LogP contribution in [-0.2, 0) is 11.2 Å². The maximum absolute atomic E-state index is 12.3. The van der Waals surface area contributed by atoms with Crippen LogP contribution in [0, 0.1) is 11.3 Å². The van der Waals surface area contributed by atoms with Gasteiger partial charge in [-0.25, -0.2) is 5.43 Å². The number of furan rings is 1. The Morgan fingerprint density at radius 1 is 1.00 bits per heavy atom. The summed E-state index contributed by atoms with van der Waals surface area (Å²) in [5, 5.41) is 15.4. The molecule has 1 heterocycles. The van der Waals surface area contributed by atoms with Gasteiger partial charge in [0.05, 0.1) is 24.3 Å². The average Bonchev–Trinajstić information content (AvgIpc) is 3.23. The second-order valence-electron chi connectivity index (χ2n) is 6.47. The Morgan fingerprint density at radius 2 is 1.79 bits per heavy atom. The number of hydrogen-bond acceptors (Lipinski definition) is 4. The zero-order valence-electron chi connectivity index (χ0n) is 15.5. The van der Waals surface area contributed by atoms with Crippen LogP contribution in [0.15, 0.2) is 88.4 Å². The summed E-state index contributed by atoms with van der Waals surface area (Å²) >= 11 is 0. The highest BCUT2D eigenvalue weighted by Gasteiger charge is 2.09. The van der Waals surface area contributed by atoms with Gasteiger partial charge in [-0.2, -0.15) is 10.4 Å². The standard InChI is InChI=1S/C24H17N3O2/c25-15-19-7-2-4-11-22(19)23-13-12-20(29-23)16-26-27-24(28)14-18-9-5-8-17-6-1-3-10-21(17)18/h1-13,16H,14H2,(H,27,28)/b26-16-. The second kappa shape index (κ2) is 8.24. The third-order valence-electron chi connectivity index (χ3n) is 4.55. The van der Waals surface area contributed by atoms with Crippen molar-refractivity contribution in [2.45, 2.75) is 6.42 Å². The third-order valence-corrected chi connectivity index (χ3v) is 4.55. The minimum atomic E-state index is -0.209. The molecule has 0 aliphatic rings. The Balaban J connectivity index is 1.42. The fraction of sp³-hybridized carbons (Fsp3) is 0.0417. The highest BCUT2D eigenvalue weighted by Crippen LogP contribution is 2.24. The Kier molecular flexibility index (Phi) is 5.17. The molecule has 0 fully saturated rings. The van der Waals surface area contributed by atoms with E-state index in [0.717, 1.165) is 21.9 Å². The quantitative estimate of drug-likeness (QED) is 0.404. The first-order valence-corrected chi connectivity index (χ1v) is 9.12. The molecule has 0 radical (unpaired) electrons. The fourth-order valence-corrected chi connectivity index (χ4v) is 3.19. The molecule has 0 bridgehead atoms. The molecule has 140 valence electrons. The number of rotatable bonds is 5. The summed E-state index contributed by atoms with van der Waals surface area (Å²) in [6.45, 7) is 0. The second-order valence-corrected chi connectivity index (χ2v) is 6.47. The van der Waals surface area contributed by atoms with E-state index >= 15 is 0 Å². The van der Waals surface area contributed by atoms with Crippen LogP contribution in [0.25, 0.3) is 22.1 Å². The number of nitrogens with one attached hydrogen (secondary N) is 1. The minimum Gasteiger partial charge on any atom is -0.455 e. The summed E-state index contributed by atoms with van der Waals surface area (Å²) < 4.78 is 5.72. The molecule has 5 nitrogen and oxygen atoms in total. The van der Waals surface area contributed by atoms with Gasteiger partial charge in [-0.1, -0.05) is 54.6 Å². The first kappa shape index (κ1) is 18.2. The number of hydrogen-bond donors (Lipinski definition) is 1. The van der Waals surface area contributed by atoms with E-state index in [4.69, 9.17) is 4.42 Å². The van der Waals surface area contributed by atoms with Crippen LogP contribution in [0.3, 0.4) is 0 Å². The molecule has 0 spiro atoms. The molecular weight excluding hydrogens is 362 g/mol. The van der Waals surface area contributed by atoms with E-state index in [0.29, 0.717) is 17.1 Å². The molecule has 5 heteroatoms. The highest BCUT2D eigenvalue weighted by atomic mass is 16.3. The number of nitrogens with zero attached hydrogens (tertiary/aromatic N) is 2. The van der Waals surface area contributed by atoms with Crippen LogP contribution in [0.1, 0.15) is 16.9 Å². The van der Waals surface area contributed by atoms with Gasteiger partial charge in [0.2, 0.25) is 5.91 Å². The topological polar surface area (TPSA) is 78.4 Å². The molecule has 0 aliphatic heterocycles. The monoisotopic (exact) mass is 379 g/mol. The van der Waals surface area contributed by atoms with E-state index in [9.17, 15) is 10.1 Å². The van der Waals surface area contributed by atoms with E-state index in [-0.39, 0.29) is 12.3 Å². The number of benzene rings is 3. The molecule has 4 aromatic rings. The average molecular weight is 379 g/mol. The molecule has 0 unspecified atom stereocenters. The fourth-order valence-electron chi connectivity index (χ4n) is 3.19. The van der Waals surface area contributed by atoms with Crippen LogP contribution in [0.2, 0.25) is 0 Å². The lowest BCUT2D eigenvalue weighted by molar-refractivity contribution is -0.120. The van der Waals surface area contributed by atoms with Gasteiger partial charge in [-0.3, -0.25) is 4.79 Å². The van der Waals surface area contributed by atoms with Crippen LogP contribution in [-0.4, -0.2) is 12.1 Å². The van der Waals surface area contributed by atoms with Gasteiger partial charge in [0.25, 0.3) is 0 Å². The van der Waals surface area contributed by atoms with Gasteiger partial charge < -0.3 is 4.42 Å². The summed E-state index contributed by atoms with van der Waals surface area (Å²) in [7, 11) is 0. The van der Waals surface area contributed by atoms with Crippen LogP contribution >= 0.6 is 0 Å². The first-order chi connectivity index (χ1) is 14.2. The van der Waals surface area contributed by atoms with Crippen molar-refractivity contribution in [2.24, 2.45) is 5.10 Å². The van der Waals surface area contributed by atoms with Gasteiger partial charge in [0, 0.05) is 5.56 Å². The number of hydrazone groups is 1. The zero-order valence-corrected chi connectivity index (χ0v) is 15.5. The maximum atomic E-state index is 12.3. The SMILES string of the molecule is N#Cc1ccccc1-c1ccc(/C=N\NC(=O)Cc2cccc3ccccc23)o1. The molecule has 1 amide bonds. The molecule has 29 heavy (non-hydrogen) atoms. The molecule has 1 N–H and O–H groups in total. The van der Waals surface area contributed by atoms with Gasteiger partial charge in [0.1, 0.15) is 11.5 Å². The number of amides is 1. The van der Waals surface area contributed by atoms with Gasteiger partial charge in [0.15, 0.2) is 0 Å². The Hall–Kier alpha value is -4.17. The Bertz CT molecular complexity index is 1240. The van der Waals surface area contributed by atoms with E-state index in [1.807, 2.05) is 54.6 Å². The third kappa shape index (κ3) is 4.07. The predicted octanol–water partition coefficient (Wildman–Crippen LogP) is 4.66. The van der Waals surface area contributed by atoms with Gasteiger partial charge in [-0.05, 0) is 40.6 Å². The van der Waals surface area contributed by atoms with E-state index in [1.54, 1.807) is 24.3 Å². The molecule has 0 saturated carbocycles. The molecular formula is C24H17N3O2. The molecule has 4 rings (SSSR count). The molecule has 1 aromatic heterocycles. The molecule has 0 saturated heterocycles. The number of carbonyl (C=O) groups excluding carboxylic acids is 1.